The Morgan fingerprint density at radius 2 is 1.58 bits per heavy atom. The molecule has 0 amide bonds. The van der Waals surface area contributed by atoms with Crippen molar-refractivity contribution in [3.8, 4) is 17.0 Å². The first kappa shape index (κ1) is 18.1. The average molecular weight is 351 g/mol. The molecule has 4 nitrogen and oxygen atoms in total. The number of halogens is 6. The van der Waals surface area contributed by atoms with Gasteiger partial charge in [0.25, 0.3) is 0 Å². The van der Waals surface area contributed by atoms with Crippen molar-refractivity contribution in [3.05, 3.63) is 42.1 Å². The first-order chi connectivity index (χ1) is 11.0. The topological polar surface area (TPSA) is 62.6 Å². The summed E-state index contributed by atoms with van der Waals surface area (Å²) >= 11 is 0. The second-order valence-corrected chi connectivity index (χ2v) is 4.54. The fraction of sp³-hybridized carbons (Fsp3) is 0.154. The average Bonchev–Trinajstić information content (AvgIpc) is 2.44. The largest absolute Gasteiger partial charge is 0.573 e. The SMILES string of the molecule is OB(O)c1c(C(F)(F)F)ccnc1-c1ccccc1OC(F)(F)F. The van der Waals surface area contributed by atoms with Crippen molar-refractivity contribution in [1.82, 2.24) is 4.98 Å². The second-order valence-electron chi connectivity index (χ2n) is 4.54. The summed E-state index contributed by atoms with van der Waals surface area (Å²) in [5.74, 6) is -0.821. The van der Waals surface area contributed by atoms with E-state index in [-0.39, 0.29) is 0 Å². The zero-order valence-electron chi connectivity index (χ0n) is 11.6. The molecular weight excluding hydrogens is 343 g/mol. The highest BCUT2D eigenvalue weighted by atomic mass is 19.4. The van der Waals surface area contributed by atoms with E-state index in [1.807, 2.05) is 0 Å². The van der Waals surface area contributed by atoms with Gasteiger partial charge in [-0.3, -0.25) is 4.98 Å². The molecule has 2 N–H and O–H groups in total. The molecule has 0 aliphatic rings. The number of ether oxygens (including phenoxy) is 1. The number of hydrogen-bond donors (Lipinski definition) is 2. The Balaban J connectivity index is 2.70. The molecule has 0 saturated heterocycles. The molecule has 0 fully saturated rings. The second kappa shape index (κ2) is 6.32. The van der Waals surface area contributed by atoms with Crippen LogP contribution in [-0.4, -0.2) is 28.5 Å². The van der Waals surface area contributed by atoms with Gasteiger partial charge < -0.3 is 14.8 Å². The van der Waals surface area contributed by atoms with Crippen molar-refractivity contribution in [2.45, 2.75) is 12.5 Å². The van der Waals surface area contributed by atoms with E-state index in [9.17, 15) is 36.4 Å². The molecule has 1 aromatic heterocycles. The molecule has 0 atom stereocenters. The van der Waals surface area contributed by atoms with Crippen LogP contribution in [0.25, 0.3) is 11.3 Å². The van der Waals surface area contributed by atoms with Crippen molar-refractivity contribution in [3.63, 3.8) is 0 Å². The maximum atomic E-state index is 13.0. The molecular formula is C13H8BF6NO3. The molecule has 0 bridgehead atoms. The minimum absolute atomic E-state index is 0.468. The highest BCUT2D eigenvalue weighted by Crippen LogP contribution is 2.35. The van der Waals surface area contributed by atoms with Crippen molar-refractivity contribution in [1.29, 1.82) is 0 Å². The van der Waals surface area contributed by atoms with Crippen LogP contribution in [0.1, 0.15) is 5.56 Å². The van der Waals surface area contributed by atoms with E-state index in [2.05, 4.69) is 9.72 Å². The van der Waals surface area contributed by atoms with E-state index in [0.717, 1.165) is 12.1 Å². The van der Waals surface area contributed by atoms with Gasteiger partial charge in [0.2, 0.25) is 0 Å². The van der Waals surface area contributed by atoms with E-state index >= 15 is 0 Å². The van der Waals surface area contributed by atoms with E-state index < -0.39 is 47.7 Å². The minimum atomic E-state index is -5.09. The number of rotatable bonds is 3. The van der Waals surface area contributed by atoms with Crippen molar-refractivity contribution in [2.24, 2.45) is 0 Å². The van der Waals surface area contributed by atoms with Gasteiger partial charge >= 0.3 is 19.7 Å². The standard InChI is InChI=1S/C13H8BF6NO3/c15-12(16,17)8-5-6-21-11(10(8)14(22)23)7-3-1-2-4-9(7)24-13(18,19)20/h1-6,22-23H. The maximum Gasteiger partial charge on any atom is 0.573 e. The van der Waals surface area contributed by atoms with Crippen LogP contribution < -0.4 is 10.2 Å². The maximum absolute atomic E-state index is 13.0. The molecule has 1 heterocycles. The Hall–Kier alpha value is -2.27. The van der Waals surface area contributed by atoms with Crippen LogP contribution in [0.5, 0.6) is 5.75 Å². The number of aromatic nitrogens is 1. The Labute approximate surface area is 131 Å². The van der Waals surface area contributed by atoms with Gasteiger partial charge in [-0.2, -0.15) is 13.2 Å². The fourth-order valence-corrected chi connectivity index (χ4v) is 2.07. The highest BCUT2D eigenvalue weighted by Gasteiger charge is 2.39. The molecule has 0 aliphatic heterocycles. The van der Waals surface area contributed by atoms with E-state index in [1.54, 1.807) is 0 Å². The third-order valence-corrected chi connectivity index (χ3v) is 2.92. The first-order valence-electron chi connectivity index (χ1n) is 6.28. The quantitative estimate of drug-likeness (QED) is 0.658. The third-order valence-electron chi connectivity index (χ3n) is 2.92. The Kier molecular flexibility index (Phi) is 4.76. The van der Waals surface area contributed by atoms with Crippen LogP contribution in [0.4, 0.5) is 26.3 Å². The molecule has 0 aliphatic carbocycles. The summed E-state index contributed by atoms with van der Waals surface area (Å²) < 4.78 is 80.1. The molecule has 0 spiro atoms. The summed E-state index contributed by atoms with van der Waals surface area (Å²) in [6.45, 7) is 0. The van der Waals surface area contributed by atoms with Gasteiger partial charge in [-0.15, -0.1) is 13.2 Å². The molecule has 0 unspecified atom stereocenters. The van der Waals surface area contributed by atoms with Gasteiger partial charge in [0.15, 0.2) is 0 Å². The minimum Gasteiger partial charge on any atom is -0.423 e. The Bertz CT molecular complexity index is 732. The fourth-order valence-electron chi connectivity index (χ4n) is 2.07. The molecule has 24 heavy (non-hydrogen) atoms. The van der Waals surface area contributed by atoms with Crippen LogP contribution in [0.15, 0.2) is 36.5 Å². The number of benzene rings is 1. The molecule has 0 saturated carbocycles. The van der Waals surface area contributed by atoms with Crippen LogP contribution in [0, 0.1) is 0 Å². The molecule has 11 heteroatoms. The van der Waals surface area contributed by atoms with Gasteiger partial charge in [-0.05, 0) is 18.2 Å². The zero-order chi connectivity index (χ0) is 18.1. The molecule has 2 rings (SSSR count). The summed E-state index contributed by atoms with van der Waals surface area (Å²) in [5.41, 5.74) is -3.64. The normalized spacial score (nSPS) is 12.2. The Morgan fingerprint density at radius 3 is 2.12 bits per heavy atom. The predicted octanol–water partition coefficient (Wildman–Crippen LogP) is 2.35. The number of pyridine rings is 1. The number of para-hydroxylation sites is 1. The van der Waals surface area contributed by atoms with E-state index in [4.69, 9.17) is 0 Å². The van der Waals surface area contributed by atoms with Crippen LogP contribution in [0.2, 0.25) is 0 Å². The lowest BCUT2D eigenvalue weighted by molar-refractivity contribution is -0.274. The van der Waals surface area contributed by atoms with Gasteiger partial charge in [0.05, 0.1) is 11.3 Å². The van der Waals surface area contributed by atoms with Crippen LogP contribution in [-0.2, 0) is 6.18 Å². The Morgan fingerprint density at radius 1 is 0.958 bits per heavy atom. The summed E-state index contributed by atoms with van der Waals surface area (Å²) in [6.07, 6.45) is -9.35. The first-order valence-corrected chi connectivity index (χ1v) is 6.28. The number of nitrogens with zero attached hydrogens (tertiary/aromatic N) is 1. The lowest BCUT2D eigenvalue weighted by atomic mass is 9.74. The summed E-state index contributed by atoms with van der Waals surface area (Å²) in [4.78, 5) is 3.57. The van der Waals surface area contributed by atoms with Crippen molar-refractivity contribution in [2.75, 3.05) is 0 Å². The van der Waals surface area contributed by atoms with Crippen LogP contribution >= 0.6 is 0 Å². The number of alkyl halides is 6. The van der Waals surface area contributed by atoms with E-state index in [0.29, 0.717) is 12.3 Å². The molecule has 0 radical (unpaired) electrons. The van der Waals surface area contributed by atoms with E-state index in [1.165, 1.54) is 12.1 Å². The summed E-state index contributed by atoms with van der Waals surface area (Å²) in [6, 6.07) is 4.81. The molecule has 1 aromatic carbocycles. The third kappa shape index (κ3) is 3.98. The highest BCUT2D eigenvalue weighted by molar-refractivity contribution is 6.61. The predicted molar refractivity (Wildman–Crippen MR) is 71.2 cm³/mol. The smallest absolute Gasteiger partial charge is 0.423 e. The van der Waals surface area contributed by atoms with Gasteiger partial charge in [-0.1, -0.05) is 12.1 Å². The molecule has 128 valence electrons. The van der Waals surface area contributed by atoms with Gasteiger partial charge in [0, 0.05) is 17.2 Å². The van der Waals surface area contributed by atoms with Crippen molar-refractivity contribution >= 4 is 12.6 Å². The van der Waals surface area contributed by atoms with Crippen molar-refractivity contribution < 1.29 is 41.1 Å². The zero-order valence-corrected chi connectivity index (χ0v) is 11.6. The monoisotopic (exact) mass is 351 g/mol. The lowest BCUT2D eigenvalue weighted by Gasteiger charge is -2.18. The van der Waals surface area contributed by atoms with Crippen LogP contribution in [0.3, 0.4) is 0 Å². The molecule has 2 aromatic rings. The summed E-state index contributed by atoms with van der Waals surface area (Å²) in [5, 5.41) is 18.6. The number of hydrogen-bond acceptors (Lipinski definition) is 4. The summed E-state index contributed by atoms with van der Waals surface area (Å²) in [7, 11) is -2.61. The van der Waals surface area contributed by atoms with Gasteiger partial charge in [0.1, 0.15) is 5.75 Å². The van der Waals surface area contributed by atoms with Gasteiger partial charge in [-0.25, -0.2) is 0 Å². The lowest BCUT2D eigenvalue weighted by Crippen LogP contribution is -2.38.